The molecule has 0 unspecified atom stereocenters. The number of thiophene rings is 1. The highest BCUT2D eigenvalue weighted by atomic mass is 32.1. The Bertz CT molecular complexity index is 1060. The number of amides is 2. The molecule has 1 aromatic carbocycles. The number of hydrogen-bond donors (Lipinski definition) is 3. The van der Waals surface area contributed by atoms with E-state index in [1.54, 1.807) is 18.2 Å². The maximum Gasteiger partial charge on any atom is 0.307 e. The number of carbonyl (C=O) groups is 3. The van der Waals surface area contributed by atoms with Crippen molar-refractivity contribution in [3.05, 3.63) is 52.4 Å². The summed E-state index contributed by atoms with van der Waals surface area (Å²) >= 11 is 1.41. The largest absolute Gasteiger partial charge is 0.495 e. The Kier molecular flexibility index (Phi) is 6.08. The van der Waals surface area contributed by atoms with Crippen LogP contribution in [-0.2, 0) is 22.4 Å². The van der Waals surface area contributed by atoms with E-state index in [4.69, 9.17) is 4.74 Å². The van der Waals surface area contributed by atoms with Gasteiger partial charge in [0.1, 0.15) is 10.8 Å². The fourth-order valence-electron chi connectivity index (χ4n) is 4.25. The Labute approximate surface area is 184 Å². The number of carboxylic acid groups (broad SMARTS) is 1. The average Bonchev–Trinajstić information content (AvgIpc) is 3.34. The summed E-state index contributed by atoms with van der Waals surface area (Å²) in [4.78, 5) is 38.9. The number of ether oxygens (including phenoxy) is 1. The zero-order chi connectivity index (χ0) is 22.0. The van der Waals surface area contributed by atoms with E-state index in [-0.39, 0.29) is 11.8 Å². The summed E-state index contributed by atoms with van der Waals surface area (Å²) < 4.78 is 5.32. The van der Waals surface area contributed by atoms with Crippen molar-refractivity contribution in [1.29, 1.82) is 0 Å². The van der Waals surface area contributed by atoms with E-state index in [2.05, 4.69) is 10.6 Å². The van der Waals surface area contributed by atoms with Crippen molar-refractivity contribution in [3.63, 3.8) is 0 Å². The molecule has 0 saturated heterocycles. The molecule has 2 amide bonds. The molecule has 2 aliphatic rings. The van der Waals surface area contributed by atoms with Crippen LogP contribution >= 0.6 is 11.3 Å². The van der Waals surface area contributed by atoms with Crippen molar-refractivity contribution in [2.45, 2.75) is 32.1 Å². The molecule has 162 valence electrons. The maximum absolute atomic E-state index is 13.2. The van der Waals surface area contributed by atoms with E-state index in [1.807, 2.05) is 18.2 Å². The Morgan fingerprint density at radius 3 is 2.55 bits per heavy atom. The molecular weight excluding hydrogens is 416 g/mol. The van der Waals surface area contributed by atoms with Gasteiger partial charge in [0, 0.05) is 4.88 Å². The lowest BCUT2D eigenvalue weighted by molar-refractivity contribution is -0.146. The predicted molar refractivity (Wildman–Crippen MR) is 119 cm³/mol. The number of para-hydroxylation sites is 2. The van der Waals surface area contributed by atoms with E-state index in [1.165, 1.54) is 18.4 Å². The molecule has 0 radical (unpaired) electrons. The summed E-state index contributed by atoms with van der Waals surface area (Å²) in [7, 11) is 1.54. The third kappa shape index (κ3) is 4.20. The second kappa shape index (κ2) is 8.93. The van der Waals surface area contributed by atoms with Crippen molar-refractivity contribution in [2.75, 3.05) is 17.7 Å². The highest BCUT2D eigenvalue weighted by Gasteiger charge is 2.35. The van der Waals surface area contributed by atoms with E-state index in [9.17, 15) is 19.5 Å². The van der Waals surface area contributed by atoms with Gasteiger partial charge in [-0.1, -0.05) is 24.3 Å². The lowest BCUT2D eigenvalue weighted by atomic mass is 9.82. The highest BCUT2D eigenvalue weighted by Crippen LogP contribution is 2.40. The Hall–Kier alpha value is -3.13. The number of nitrogens with one attached hydrogen (secondary N) is 2. The second-order valence-corrected chi connectivity index (χ2v) is 8.80. The molecule has 2 atom stereocenters. The van der Waals surface area contributed by atoms with E-state index in [0.717, 1.165) is 29.7 Å². The molecule has 2 aromatic rings. The van der Waals surface area contributed by atoms with Crippen molar-refractivity contribution >= 4 is 39.8 Å². The number of aliphatic carboxylic acids is 1. The number of fused-ring (bicyclic) bond motifs is 1. The predicted octanol–water partition coefficient (Wildman–Crippen LogP) is 4.10. The van der Waals surface area contributed by atoms with Gasteiger partial charge in [-0.2, -0.15) is 0 Å². The van der Waals surface area contributed by atoms with Crippen LogP contribution < -0.4 is 15.4 Å². The minimum absolute atomic E-state index is 0.308. The van der Waals surface area contributed by atoms with E-state index >= 15 is 0 Å². The summed E-state index contributed by atoms with van der Waals surface area (Å²) in [6.45, 7) is 0. The topological polar surface area (TPSA) is 105 Å². The van der Waals surface area contributed by atoms with Gasteiger partial charge in [-0.25, -0.2) is 0 Å². The van der Waals surface area contributed by atoms with Crippen LogP contribution in [0, 0.1) is 11.8 Å². The second-order valence-electron chi connectivity index (χ2n) is 7.70. The molecule has 7 nitrogen and oxygen atoms in total. The van der Waals surface area contributed by atoms with Crippen molar-refractivity contribution in [1.82, 2.24) is 0 Å². The number of carboxylic acids is 1. The van der Waals surface area contributed by atoms with Gasteiger partial charge < -0.3 is 20.5 Å². The van der Waals surface area contributed by atoms with Crippen molar-refractivity contribution in [2.24, 2.45) is 11.8 Å². The molecule has 1 aromatic heterocycles. The van der Waals surface area contributed by atoms with Crippen LogP contribution in [0.4, 0.5) is 10.7 Å². The first-order chi connectivity index (χ1) is 15.0. The molecular formula is C23H24N2O5S. The number of benzene rings is 1. The van der Waals surface area contributed by atoms with E-state index < -0.39 is 17.8 Å². The average molecular weight is 441 g/mol. The van der Waals surface area contributed by atoms with Crippen LogP contribution in [0.2, 0.25) is 0 Å². The summed E-state index contributed by atoms with van der Waals surface area (Å²) in [5.74, 6) is -2.52. The van der Waals surface area contributed by atoms with Gasteiger partial charge in [-0.05, 0) is 49.8 Å². The molecule has 0 bridgehead atoms. The van der Waals surface area contributed by atoms with E-state index in [0.29, 0.717) is 34.8 Å². The first kappa shape index (κ1) is 21.1. The van der Waals surface area contributed by atoms with Crippen molar-refractivity contribution in [3.8, 4) is 5.75 Å². The zero-order valence-corrected chi connectivity index (χ0v) is 18.0. The Balaban J connectivity index is 1.61. The molecule has 0 saturated carbocycles. The lowest BCUT2D eigenvalue weighted by Gasteiger charge is -2.24. The van der Waals surface area contributed by atoms with Gasteiger partial charge in [0.15, 0.2) is 0 Å². The Morgan fingerprint density at radius 1 is 1.06 bits per heavy atom. The molecule has 0 aliphatic heterocycles. The Morgan fingerprint density at radius 2 is 1.81 bits per heavy atom. The highest BCUT2D eigenvalue weighted by molar-refractivity contribution is 7.17. The van der Waals surface area contributed by atoms with Gasteiger partial charge in [-0.3, -0.25) is 14.4 Å². The summed E-state index contributed by atoms with van der Waals surface area (Å²) in [5, 5.41) is 15.8. The normalized spacial score (nSPS) is 19.5. The molecule has 3 N–H and O–H groups in total. The summed E-state index contributed by atoms with van der Waals surface area (Å²) in [5.41, 5.74) is 1.98. The quantitative estimate of drug-likeness (QED) is 0.587. The van der Waals surface area contributed by atoms with Gasteiger partial charge in [-0.15, -0.1) is 11.3 Å². The number of anilines is 2. The van der Waals surface area contributed by atoms with Gasteiger partial charge >= 0.3 is 5.97 Å². The van der Waals surface area contributed by atoms with Gasteiger partial charge in [0.2, 0.25) is 5.91 Å². The van der Waals surface area contributed by atoms with Crippen LogP contribution in [0.15, 0.2) is 36.4 Å². The monoisotopic (exact) mass is 440 g/mol. The third-order valence-electron chi connectivity index (χ3n) is 5.83. The molecule has 2 aliphatic carbocycles. The van der Waals surface area contributed by atoms with Crippen LogP contribution in [-0.4, -0.2) is 30.0 Å². The molecule has 8 heteroatoms. The van der Waals surface area contributed by atoms with Crippen LogP contribution in [0.25, 0.3) is 0 Å². The molecule has 0 fully saturated rings. The number of carbonyl (C=O) groups excluding carboxylic acids is 2. The van der Waals surface area contributed by atoms with Crippen molar-refractivity contribution < 1.29 is 24.2 Å². The molecule has 0 spiro atoms. The number of allylic oxidation sites excluding steroid dienone is 2. The molecule has 4 rings (SSSR count). The van der Waals surface area contributed by atoms with Gasteiger partial charge in [0.25, 0.3) is 5.91 Å². The lowest BCUT2D eigenvalue weighted by Crippen LogP contribution is -2.35. The minimum Gasteiger partial charge on any atom is -0.495 e. The minimum atomic E-state index is -0.979. The SMILES string of the molecule is COc1ccccc1NC(=O)c1c(NC(=O)[C@@H]2CC=CC[C@@H]2C(=O)O)sc2c1CCC2. The van der Waals surface area contributed by atoms with Crippen LogP contribution in [0.3, 0.4) is 0 Å². The number of aryl methyl sites for hydroxylation is 1. The smallest absolute Gasteiger partial charge is 0.307 e. The zero-order valence-electron chi connectivity index (χ0n) is 17.1. The first-order valence-corrected chi connectivity index (χ1v) is 11.1. The molecule has 31 heavy (non-hydrogen) atoms. The van der Waals surface area contributed by atoms with Gasteiger partial charge in [0.05, 0.1) is 30.2 Å². The number of hydrogen-bond acceptors (Lipinski definition) is 5. The number of methoxy groups -OCH3 is 1. The molecule has 1 heterocycles. The summed E-state index contributed by atoms with van der Waals surface area (Å²) in [6, 6.07) is 7.15. The summed E-state index contributed by atoms with van der Waals surface area (Å²) in [6.07, 6.45) is 6.96. The fraction of sp³-hybridized carbons (Fsp3) is 0.348. The standard InChI is InChI=1S/C23H24N2O5S/c1-30-17-11-5-4-10-16(17)24-21(27)19-15-9-6-12-18(15)31-22(19)25-20(26)13-7-2-3-8-14(13)23(28)29/h2-5,10-11,13-14H,6-9,12H2,1H3,(H,24,27)(H,25,26)(H,28,29)/t13-,14+/m1/s1. The first-order valence-electron chi connectivity index (χ1n) is 10.3. The van der Waals surface area contributed by atoms with Crippen LogP contribution in [0.5, 0.6) is 5.75 Å². The maximum atomic E-state index is 13.2. The van der Waals surface area contributed by atoms with Crippen LogP contribution in [0.1, 0.15) is 40.1 Å². The fourth-order valence-corrected chi connectivity index (χ4v) is 5.54. The third-order valence-corrected chi connectivity index (χ3v) is 7.03. The number of rotatable bonds is 6.